The summed E-state index contributed by atoms with van der Waals surface area (Å²) in [6.45, 7) is 4.93. The second-order valence-corrected chi connectivity index (χ2v) is 8.46. The van der Waals surface area contributed by atoms with Crippen molar-refractivity contribution in [3.05, 3.63) is 42.0 Å². The van der Waals surface area contributed by atoms with Crippen LogP contribution in [0, 0.1) is 11.8 Å². The number of nitrogens with zero attached hydrogens (tertiary/aromatic N) is 1. The van der Waals surface area contributed by atoms with Crippen LogP contribution in [0.4, 0.5) is 4.79 Å². The van der Waals surface area contributed by atoms with Crippen LogP contribution < -0.4 is 4.74 Å². The number of ether oxygens (including phenoxy) is 3. The van der Waals surface area contributed by atoms with Crippen LogP contribution in [0.15, 0.2) is 36.4 Å². The van der Waals surface area contributed by atoms with Gasteiger partial charge in [-0.2, -0.15) is 0 Å². The number of carbonyl (C=O) groups excluding carboxylic acids is 3. The lowest BCUT2D eigenvalue weighted by atomic mass is 9.85. The molecule has 0 aromatic heterocycles. The van der Waals surface area contributed by atoms with Gasteiger partial charge in [0.15, 0.2) is 0 Å². The molecular weight excluding hydrogens is 410 g/mol. The van der Waals surface area contributed by atoms with Gasteiger partial charge in [0, 0.05) is 19.4 Å². The van der Waals surface area contributed by atoms with Gasteiger partial charge in [0.25, 0.3) is 6.29 Å². The number of hydrogen-bond donors (Lipinski definition) is 0. The van der Waals surface area contributed by atoms with Crippen molar-refractivity contribution in [2.45, 2.75) is 52.7 Å². The van der Waals surface area contributed by atoms with E-state index in [1.54, 1.807) is 21.0 Å². The summed E-state index contributed by atoms with van der Waals surface area (Å²) in [5.41, 5.74) is 0.988. The molecule has 7 heteroatoms. The van der Waals surface area contributed by atoms with E-state index in [0.29, 0.717) is 6.42 Å². The number of esters is 1. The van der Waals surface area contributed by atoms with Crippen molar-refractivity contribution >= 4 is 28.7 Å². The van der Waals surface area contributed by atoms with E-state index in [1.165, 1.54) is 6.92 Å². The van der Waals surface area contributed by atoms with Crippen LogP contribution in [0.25, 0.3) is 10.8 Å². The van der Waals surface area contributed by atoms with Gasteiger partial charge < -0.3 is 14.2 Å². The van der Waals surface area contributed by atoms with Crippen LogP contribution in [0.2, 0.25) is 0 Å². The molecule has 32 heavy (non-hydrogen) atoms. The highest BCUT2D eigenvalue weighted by Crippen LogP contribution is 2.32. The quantitative estimate of drug-likeness (QED) is 0.436. The van der Waals surface area contributed by atoms with Gasteiger partial charge >= 0.3 is 12.1 Å². The van der Waals surface area contributed by atoms with Crippen LogP contribution >= 0.6 is 0 Å². The Bertz CT molecular complexity index is 982. The fourth-order valence-electron chi connectivity index (χ4n) is 3.61. The second kappa shape index (κ2) is 10.5. The summed E-state index contributed by atoms with van der Waals surface area (Å²) in [4.78, 5) is 38.2. The van der Waals surface area contributed by atoms with E-state index in [0.717, 1.165) is 46.2 Å². The molecule has 2 aromatic carbocycles. The third kappa shape index (κ3) is 5.58. The van der Waals surface area contributed by atoms with Crippen LogP contribution in [0.3, 0.4) is 0 Å². The van der Waals surface area contributed by atoms with Gasteiger partial charge in [-0.1, -0.05) is 44.5 Å². The first-order valence-electron chi connectivity index (χ1n) is 11.0. The van der Waals surface area contributed by atoms with Crippen molar-refractivity contribution in [2.24, 2.45) is 11.8 Å². The lowest BCUT2D eigenvalue weighted by Gasteiger charge is -2.33. The molecule has 1 aliphatic rings. The highest BCUT2D eigenvalue weighted by Gasteiger charge is 2.35. The zero-order valence-electron chi connectivity index (χ0n) is 19.1. The molecule has 1 saturated carbocycles. The van der Waals surface area contributed by atoms with Crippen molar-refractivity contribution in [3.63, 3.8) is 0 Å². The lowest BCUT2D eigenvalue weighted by molar-refractivity contribution is -0.188. The predicted molar refractivity (Wildman–Crippen MR) is 120 cm³/mol. The lowest BCUT2D eigenvalue weighted by Crippen LogP contribution is -2.43. The minimum Gasteiger partial charge on any atom is -0.497 e. The molecule has 2 aromatic rings. The number of hydrogen-bond acceptors (Lipinski definition) is 6. The first-order chi connectivity index (χ1) is 15.3. The Labute approximate surface area is 188 Å². The van der Waals surface area contributed by atoms with E-state index < -0.39 is 24.3 Å². The van der Waals surface area contributed by atoms with Gasteiger partial charge in [-0.3, -0.25) is 9.59 Å². The number of carbonyl (C=O) groups is 3. The van der Waals surface area contributed by atoms with Crippen LogP contribution in [0.1, 0.15) is 45.6 Å². The Morgan fingerprint density at radius 1 is 1.09 bits per heavy atom. The smallest absolute Gasteiger partial charge is 0.419 e. The summed E-state index contributed by atoms with van der Waals surface area (Å²) in [7, 11) is 1.61. The summed E-state index contributed by atoms with van der Waals surface area (Å²) in [6, 6.07) is 11.7. The van der Waals surface area contributed by atoms with E-state index in [-0.39, 0.29) is 18.4 Å². The number of benzene rings is 2. The van der Waals surface area contributed by atoms with Gasteiger partial charge in [0.1, 0.15) is 5.75 Å². The number of fused-ring (bicyclic) bond motifs is 1. The summed E-state index contributed by atoms with van der Waals surface area (Å²) in [6.07, 6.45) is 1.35. The summed E-state index contributed by atoms with van der Waals surface area (Å²) in [5.74, 6) is -0.461. The van der Waals surface area contributed by atoms with E-state index in [2.05, 4.69) is 0 Å². The monoisotopic (exact) mass is 441 g/mol. The average Bonchev–Trinajstić information content (AvgIpc) is 2.71. The molecule has 1 fully saturated rings. The van der Waals surface area contributed by atoms with Crippen LogP contribution in [-0.4, -0.2) is 42.8 Å². The van der Waals surface area contributed by atoms with Crippen molar-refractivity contribution in [3.8, 4) is 5.75 Å². The number of rotatable bonds is 8. The first-order valence-corrected chi connectivity index (χ1v) is 11.0. The van der Waals surface area contributed by atoms with Crippen molar-refractivity contribution in [1.82, 2.24) is 4.90 Å². The average molecular weight is 442 g/mol. The number of methoxy groups -OCH3 is 1. The maximum atomic E-state index is 12.8. The molecule has 1 atom stereocenters. The SMILES string of the molecule is COc1ccc2cccc(CCN(C(C)=O)C(=O)OC(OC(=O)C(C)C)C3CCC3)c2c1. The Morgan fingerprint density at radius 2 is 1.84 bits per heavy atom. The molecule has 0 heterocycles. The van der Waals surface area contributed by atoms with Gasteiger partial charge in [-0.25, -0.2) is 9.69 Å². The van der Waals surface area contributed by atoms with Gasteiger partial charge in [0.2, 0.25) is 5.91 Å². The fourth-order valence-corrected chi connectivity index (χ4v) is 3.61. The van der Waals surface area contributed by atoms with E-state index in [1.807, 2.05) is 36.4 Å². The van der Waals surface area contributed by atoms with Crippen molar-refractivity contribution in [2.75, 3.05) is 13.7 Å². The molecule has 1 aliphatic carbocycles. The summed E-state index contributed by atoms with van der Waals surface area (Å²) >= 11 is 0. The van der Waals surface area contributed by atoms with Crippen LogP contribution in [-0.2, 0) is 25.5 Å². The third-order valence-electron chi connectivity index (χ3n) is 5.84. The fraction of sp³-hybridized carbons (Fsp3) is 0.480. The van der Waals surface area contributed by atoms with Gasteiger partial charge in [-0.05, 0) is 47.7 Å². The highest BCUT2D eigenvalue weighted by atomic mass is 16.7. The Balaban J connectivity index is 1.72. The molecule has 1 unspecified atom stereocenters. The second-order valence-electron chi connectivity index (χ2n) is 8.46. The van der Waals surface area contributed by atoms with Gasteiger partial charge in [-0.15, -0.1) is 0 Å². The van der Waals surface area contributed by atoms with Crippen LogP contribution in [0.5, 0.6) is 5.75 Å². The maximum absolute atomic E-state index is 12.8. The highest BCUT2D eigenvalue weighted by molar-refractivity contribution is 5.91. The minimum absolute atomic E-state index is 0.0269. The minimum atomic E-state index is -0.963. The molecule has 172 valence electrons. The summed E-state index contributed by atoms with van der Waals surface area (Å²) < 4.78 is 16.3. The molecule has 0 saturated heterocycles. The standard InChI is InChI=1S/C25H31NO6/c1-16(2)23(28)31-24(20-9-6-10-20)32-25(29)26(17(3)27)14-13-19-8-5-7-18-11-12-21(30-4)15-22(18)19/h5,7-8,11-12,15-16,20,24H,6,9-10,13-14H2,1-4H3. The zero-order valence-corrected chi connectivity index (χ0v) is 19.1. The first kappa shape index (κ1) is 23.6. The molecular formula is C25H31NO6. The van der Waals surface area contributed by atoms with Crippen molar-refractivity contribution < 1.29 is 28.6 Å². The Morgan fingerprint density at radius 3 is 2.44 bits per heavy atom. The zero-order chi connectivity index (χ0) is 23.3. The molecule has 7 nitrogen and oxygen atoms in total. The molecule has 0 spiro atoms. The predicted octanol–water partition coefficient (Wildman–Crippen LogP) is 4.70. The summed E-state index contributed by atoms with van der Waals surface area (Å²) in [5, 5.41) is 2.05. The Kier molecular flexibility index (Phi) is 7.72. The Hall–Kier alpha value is -3.09. The normalized spacial score (nSPS) is 14.5. The maximum Gasteiger partial charge on any atom is 0.419 e. The largest absolute Gasteiger partial charge is 0.497 e. The molecule has 3 rings (SSSR count). The molecule has 0 aliphatic heterocycles. The number of imide groups is 1. The van der Waals surface area contributed by atoms with E-state index >= 15 is 0 Å². The topological polar surface area (TPSA) is 82.1 Å². The molecule has 0 radical (unpaired) electrons. The molecule has 0 N–H and O–H groups in total. The molecule has 0 bridgehead atoms. The van der Waals surface area contributed by atoms with Crippen molar-refractivity contribution in [1.29, 1.82) is 0 Å². The number of amides is 2. The third-order valence-corrected chi connectivity index (χ3v) is 5.84. The van der Waals surface area contributed by atoms with E-state index in [4.69, 9.17) is 14.2 Å². The van der Waals surface area contributed by atoms with E-state index in [9.17, 15) is 14.4 Å². The van der Waals surface area contributed by atoms with Gasteiger partial charge in [0.05, 0.1) is 13.0 Å². The molecule has 2 amide bonds.